The summed E-state index contributed by atoms with van der Waals surface area (Å²) in [7, 11) is 5.36. The number of pyridine rings is 1. The summed E-state index contributed by atoms with van der Waals surface area (Å²) in [5, 5.41) is 3.35. The Morgan fingerprint density at radius 2 is 1.95 bits per heavy atom. The smallest absolute Gasteiger partial charge is 0.257 e. The van der Waals surface area contributed by atoms with E-state index >= 15 is 0 Å². The molecule has 0 bridgehead atoms. The Balaban J connectivity index is 2.33. The molecule has 1 N–H and O–H groups in total. The van der Waals surface area contributed by atoms with Crippen molar-refractivity contribution in [2.45, 2.75) is 0 Å². The summed E-state index contributed by atoms with van der Waals surface area (Å²) in [6.45, 7) is 0. The van der Waals surface area contributed by atoms with Crippen LogP contribution in [0, 0.1) is 0 Å². The van der Waals surface area contributed by atoms with Gasteiger partial charge in [-0.3, -0.25) is 9.59 Å². The molecule has 1 heterocycles. The van der Waals surface area contributed by atoms with Crippen LogP contribution in [-0.2, 0) is 7.05 Å². The lowest BCUT2D eigenvalue weighted by Crippen LogP contribution is -2.20. The number of hydrogen-bond acceptors (Lipinski definition) is 3. The van der Waals surface area contributed by atoms with Crippen molar-refractivity contribution in [3.8, 4) is 0 Å². The SMILES string of the molecule is CN(C)c1ccc(Cl)cc1NC(=O)c1ccc(=O)n(C)c1. The van der Waals surface area contributed by atoms with Gasteiger partial charge in [0.05, 0.1) is 16.9 Å². The highest BCUT2D eigenvalue weighted by Crippen LogP contribution is 2.28. The van der Waals surface area contributed by atoms with E-state index in [0.717, 1.165) is 5.69 Å². The molecule has 0 spiro atoms. The number of rotatable bonds is 3. The van der Waals surface area contributed by atoms with Gasteiger partial charge in [-0.15, -0.1) is 0 Å². The van der Waals surface area contributed by atoms with Crippen LogP contribution in [0.3, 0.4) is 0 Å². The Morgan fingerprint density at radius 1 is 1.24 bits per heavy atom. The maximum atomic E-state index is 12.3. The Hall–Kier alpha value is -2.27. The van der Waals surface area contributed by atoms with Crippen molar-refractivity contribution in [1.29, 1.82) is 0 Å². The molecule has 0 aliphatic heterocycles. The largest absolute Gasteiger partial charge is 0.376 e. The molecule has 0 radical (unpaired) electrons. The number of aryl methyl sites for hydroxylation is 1. The van der Waals surface area contributed by atoms with Crippen LogP contribution >= 0.6 is 11.6 Å². The van der Waals surface area contributed by atoms with Crippen molar-refractivity contribution >= 4 is 28.9 Å². The Morgan fingerprint density at radius 3 is 2.57 bits per heavy atom. The van der Waals surface area contributed by atoms with Gasteiger partial charge in [-0.2, -0.15) is 0 Å². The van der Waals surface area contributed by atoms with Crippen LogP contribution in [0.2, 0.25) is 5.02 Å². The van der Waals surface area contributed by atoms with Crippen LogP contribution in [0.4, 0.5) is 11.4 Å². The molecule has 110 valence electrons. The van der Waals surface area contributed by atoms with Crippen LogP contribution in [0.1, 0.15) is 10.4 Å². The molecule has 0 unspecified atom stereocenters. The van der Waals surface area contributed by atoms with Gasteiger partial charge in [0.25, 0.3) is 5.91 Å². The molecule has 0 saturated heterocycles. The lowest BCUT2D eigenvalue weighted by Gasteiger charge is -2.18. The van der Waals surface area contributed by atoms with E-state index in [1.165, 1.54) is 22.9 Å². The predicted molar refractivity (Wildman–Crippen MR) is 85.4 cm³/mol. The minimum atomic E-state index is -0.295. The first kappa shape index (κ1) is 15.1. The number of nitrogens with one attached hydrogen (secondary N) is 1. The number of hydrogen-bond donors (Lipinski definition) is 1. The van der Waals surface area contributed by atoms with Crippen molar-refractivity contribution in [1.82, 2.24) is 4.57 Å². The van der Waals surface area contributed by atoms with Crippen molar-refractivity contribution in [3.05, 3.63) is 57.5 Å². The van der Waals surface area contributed by atoms with Crippen LogP contribution in [0.25, 0.3) is 0 Å². The van der Waals surface area contributed by atoms with Gasteiger partial charge >= 0.3 is 0 Å². The molecule has 2 aromatic rings. The third-order valence-electron chi connectivity index (χ3n) is 3.04. The van der Waals surface area contributed by atoms with Gasteiger partial charge < -0.3 is 14.8 Å². The maximum Gasteiger partial charge on any atom is 0.257 e. The van der Waals surface area contributed by atoms with E-state index in [2.05, 4.69) is 5.32 Å². The normalized spacial score (nSPS) is 10.3. The summed E-state index contributed by atoms with van der Waals surface area (Å²) in [6.07, 6.45) is 1.50. The average molecular weight is 306 g/mol. The van der Waals surface area contributed by atoms with Crippen LogP contribution in [0.5, 0.6) is 0 Å². The fourth-order valence-corrected chi connectivity index (χ4v) is 2.09. The zero-order valence-electron chi connectivity index (χ0n) is 12.1. The fourth-order valence-electron chi connectivity index (χ4n) is 1.92. The molecule has 0 fully saturated rings. The lowest BCUT2D eigenvalue weighted by molar-refractivity contribution is 0.102. The van der Waals surface area contributed by atoms with E-state index in [1.807, 2.05) is 25.1 Å². The molecular weight excluding hydrogens is 290 g/mol. The summed E-state index contributed by atoms with van der Waals surface area (Å²) in [6, 6.07) is 8.14. The number of benzene rings is 1. The molecule has 1 aromatic heterocycles. The van der Waals surface area contributed by atoms with Crippen molar-refractivity contribution in [2.75, 3.05) is 24.3 Å². The van der Waals surface area contributed by atoms with Crippen molar-refractivity contribution in [2.24, 2.45) is 7.05 Å². The first-order chi connectivity index (χ1) is 9.88. The maximum absolute atomic E-state index is 12.3. The van der Waals surface area contributed by atoms with Gasteiger partial charge in [0.2, 0.25) is 5.56 Å². The van der Waals surface area contributed by atoms with E-state index in [-0.39, 0.29) is 11.5 Å². The quantitative estimate of drug-likeness (QED) is 0.947. The summed E-state index contributed by atoms with van der Waals surface area (Å²) in [4.78, 5) is 25.5. The second-order valence-corrected chi connectivity index (χ2v) is 5.31. The van der Waals surface area contributed by atoms with E-state index in [0.29, 0.717) is 16.3 Å². The monoisotopic (exact) mass is 305 g/mol. The number of aromatic nitrogens is 1. The molecular formula is C15H16ClN3O2. The first-order valence-electron chi connectivity index (χ1n) is 6.33. The minimum Gasteiger partial charge on any atom is -0.376 e. The van der Waals surface area contributed by atoms with E-state index in [9.17, 15) is 9.59 Å². The molecule has 1 aromatic carbocycles. The lowest BCUT2D eigenvalue weighted by atomic mass is 10.2. The Kier molecular flexibility index (Phi) is 4.33. The predicted octanol–water partition coefficient (Wildman–Crippen LogP) is 2.36. The van der Waals surface area contributed by atoms with Crippen LogP contribution in [-0.4, -0.2) is 24.6 Å². The number of carbonyl (C=O) groups is 1. The second kappa shape index (κ2) is 6.01. The topological polar surface area (TPSA) is 54.3 Å². The standard InChI is InChI=1S/C15H16ClN3O2/c1-18(2)13-6-5-11(16)8-12(13)17-15(21)10-4-7-14(20)19(3)9-10/h4-9H,1-3H3,(H,17,21). The number of halogens is 1. The summed E-state index contributed by atoms with van der Waals surface area (Å²) < 4.78 is 1.36. The zero-order chi connectivity index (χ0) is 15.6. The Labute approximate surface area is 127 Å². The van der Waals surface area contributed by atoms with Gasteiger partial charge in [0, 0.05) is 38.4 Å². The third kappa shape index (κ3) is 3.44. The highest BCUT2D eigenvalue weighted by atomic mass is 35.5. The summed E-state index contributed by atoms with van der Waals surface area (Å²) in [5.74, 6) is -0.295. The van der Waals surface area contributed by atoms with E-state index < -0.39 is 0 Å². The Bertz CT molecular complexity index is 738. The van der Waals surface area contributed by atoms with Crippen LogP contribution in [0.15, 0.2) is 41.3 Å². The number of carbonyl (C=O) groups excluding carboxylic acids is 1. The van der Waals surface area contributed by atoms with E-state index in [1.54, 1.807) is 19.2 Å². The highest BCUT2D eigenvalue weighted by molar-refractivity contribution is 6.31. The molecule has 2 rings (SSSR count). The van der Waals surface area contributed by atoms with Crippen molar-refractivity contribution in [3.63, 3.8) is 0 Å². The molecule has 5 nitrogen and oxygen atoms in total. The molecule has 0 aliphatic carbocycles. The zero-order valence-corrected chi connectivity index (χ0v) is 12.8. The number of nitrogens with zero attached hydrogens (tertiary/aromatic N) is 2. The van der Waals surface area contributed by atoms with Gasteiger partial charge in [0.1, 0.15) is 0 Å². The van der Waals surface area contributed by atoms with Gasteiger partial charge in [-0.1, -0.05) is 11.6 Å². The summed E-state index contributed by atoms with van der Waals surface area (Å²) >= 11 is 5.98. The third-order valence-corrected chi connectivity index (χ3v) is 3.27. The van der Waals surface area contributed by atoms with Gasteiger partial charge in [-0.05, 0) is 24.3 Å². The first-order valence-corrected chi connectivity index (χ1v) is 6.71. The molecule has 6 heteroatoms. The molecule has 0 aliphatic rings. The van der Waals surface area contributed by atoms with Gasteiger partial charge in [-0.25, -0.2) is 0 Å². The fraction of sp³-hybridized carbons (Fsp3) is 0.200. The molecule has 1 amide bonds. The molecule has 0 saturated carbocycles. The number of anilines is 2. The van der Waals surface area contributed by atoms with E-state index in [4.69, 9.17) is 11.6 Å². The van der Waals surface area contributed by atoms with Gasteiger partial charge in [0.15, 0.2) is 0 Å². The summed E-state index contributed by atoms with van der Waals surface area (Å²) in [5.41, 5.74) is 1.70. The average Bonchev–Trinajstić information content (AvgIpc) is 2.41. The molecule has 0 atom stereocenters. The van der Waals surface area contributed by atoms with Crippen molar-refractivity contribution < 1.29 is 4.79 Å². The molecule has 21 heavy (non-hydrogen) atoms. The minimum absolute atomic E-state index is 0.164. The number of amides is 1. The second-order valence-electron chi connectivity index (χ2n) is 4.88. The van der Waals surface area contributed by atoms with Crippen LogP contribution < -0.4 is 15.8 Å². The highest BCUT2D eigenvalue weighted by Gasteiger charge is 2.11.